The third kappa shape index (κ3) is 2.94. The van der Waals surface area contributed by atoms with Gasteiger partial charge in [0, 0.05) is 23.8 Å². The standard InChI is InChI=1S/C20H21N3OS/c1-13(2)20(9-18(22)23(3)19(24)10-20)17-8-16(12-25-17)15-6-4-5-14(7-15)11-21/h4-9,12-13H,10,22H2,1-3H3. The van der Waals surface area contributed by atoms with Crippen LogP contribution in [0.4, 0.5) is 0 Å². The number of hydrogen-bond acceptors (Lipinski definition) is 4. The normalized spacial score (nSPS) is 20.5. The number of rotatable bonds is 3. The highest BCUT2D eigenvalue weighted by Crippen LogP contribution is 2.45. The fourth-order valence-corrected chi connectivity index (χ4v) is 4.48. The van der Waals surface area contributed by atoms with E-state index in [2.05, 4.69) is 31.4 Å². The number of amides is 1. The van der Waals surface area contributed by atoms with E-state index in [-0.39, 0.29) is 17.2 Å². The number of hydrogen-bond donors (Lipinski definition) is 1. The highest BCUT2D eigenvalue weighted by atomic mass is 32.1. The summed E-state index contributed by atoms with van der Waals surface area (Å²) in [6.45, 7) is 4.25. The predicted molar refractivity (Wildman–Crippen MR) is 101 cm³/mol. The van der Waals surface area contributed by atoms with Crippen LogP contribution < -0.4 is 5.73 Å². The Morgan fingerprint density at radius 1 is 1.32 bits per heavy atom. The lowest BCUT2D eigenvalue weighted by atomic mass is 9.71. The van der Waals surface area contributed by atoms with Gasteiger partial charge in [0.25, 0.3) is 0 Å². The molecule has 1 amide bonds. The van der Waals surface area contributed by atoms with Gasteiger partial charge in [-0.1, -0.05) is 26.0 Å². The van der Waals surface area contributed by atoms with Crippen LogP contribution in [0.1, 0.15) is 30.7 Å². The smallest absolute Gasteiger partial charge is 0.229 e. The van der Waals surface area contributed by atoms with Gasteiger partial charge in [0.05, 0.1) is 11.6 Å². The van der Waals surface area contributed by atoms with Gasteiger partial charge in [-0.05, 0) is 46.7 Å². The van der Waals surface area contributed by atoms with E-state index in [0.29, 0.717) is 17.8 Å². The van der Waals surface area contributed by atoms with E-state index in [1.807, 2.05) is 24.3 Å². The molecule has 25 heavy (non-hydrogen) atoms. The van der Waals surface area contributed by atoms with E-state index >= 15 is 0 Å². The topological polar surface area (TPSA) is 70.1 Å². The van der Waals surface area contributed by atoms with E-state index in [9.17, 15) is 4.79 Å². The van der Waals surface area contributed by atoms with Crippen LogP contribution in [0.25, 0.3) is 11.1 Å². The van der Waals surface area contributed by atoms with Crippen LogP contribution in [0, 0.1) is 17.2 Å². The fraction of sp³-hybridized carbons (Fsp3) is 0.300. The number of thiophene rings is 1. The molecule has 2 N–H and O–H groups in total. The van der Waals surface area contributed by atoms with E-state index in [1.54, 1.807) is 24.5 Å². The van der Waals surface area contributed by atoms with Crippen molar-refractivity contribution >= 4 is 17.2 Å². The molecule has 1 aliphatic heterocycles. The molecule has 1 aromatic carbocycles. The first-order valence-electron chi connectivity index (χ1n) is 8.22. The minimum absolute atomic E-state index is 0.0372. The molecule has 1 atom stereocenters. The van der Waals surface area contributed by atoms with Crippen molar-refractivity contribution in [1.29, 1.82) is 5.26 Å². The van der Waals surface area contributed by atoms with Crippen LogP contribution in [0.15, 0.2) is 47.6 Å². The van der Waals surface area contributed by atoms with Crippen LogP contribution in [0.3, 0.4) is 0 Å². The minimum Gasteiger partial charge on any atom is -0.385 e. The maximum absolute atomic E-state index is 12.4. The second kappa shape index (κ2) is 6.38. The molecule has 0 spiro atoms. The van der Waals surface area contributed by atoms with Crippen molar-refractivity contribution < 1.29 is 4.79 Å². The van der Waals surface area contributed by atoms with Crippen LogP contribution in [-0.4, -0.2) is 17.9 Å². The Kier molecular flexibility index (Phi) is 4.40. The number of nitrogens with zero attached hydrogens (tertiary/aromatic N) is 2. The van der Waals surface area contributed by atoms with Gasteiger partial charge in [-0.25, -0.2) is 0 Å². The van der Waals surface area contributed by atoms with E-state index in [1.165, 1.54) is 4.90 Å². The molecule has 0 saturated carbocycles. The van der Waals surface area contributed by atoms with Gasteiger partial charge in [0.1, 0.15) is 5.82 Å². The van der Waals surface area contributed by atoms with Crippen molar-refractivity contribution in [2.45, 2.75) is 25.7 Å². The summed E-state index contributed by atoms with van der Waals surface area (Å²) >= 11 is 1.64. The molecule has 0 saturated heterocycles. The summed E-state index contributed by atoms with van der Waals surface area (Å²) in [4.78, 5) is 15.1. The molecule has 0 aliphatic carbocycles. The second-order valence-corrected chi connectivity index (χ2v) is 7.70. The number of carbonyl (C=O) groups is 1. The summed E-state index contributed by atoms with van der Waals surface area (Å²) in [6.07, 6.45) is 2.44. The summed E-state index contributed by atoms with van der Waals surface area (Å²) in [5.74, 6) is 0.780. The molecule has 2 aromatic rings. The molecule has 4 nitrogen and oxygen atoms in total. The predicted octanol–water partition coefficient (Wildman–Crippen LogP) is 3.84. The molecule has 0 radical (unpaired) electrons. The number of allylic oxidation sites excluding steroid dienone is 1. The highest BCUT2D eigenvalue weighted by molar-refractivity contribution is 7.10. The Hall–Kier alpha value is -2.58. The van der Waals surface area contributed by atoms with Crippen LogP contribution >= 0.6 is 11.3 Å². The Bertz CT molecular complexity index is 890. The maximum atomic E-state index is 12.4. The summed E-state index contributed by atoms with van der Waals surface area (Å²) in [6, 6.07) is 11.9. The number of nitrogens with two attached hydrogens (primary N) is 1. The summed E-state index contributed by atoms with van der Waals surface area (Å²) in [7, 11) is 1.71. The van der Waals surface area contributed by atoms with Crippen molar-refractivity contribution in [2.24, 2.45) is 11.7 Å². The first-order valence-corrected chi connectivity index (χ1v) is 9.10. The lowest BCUT2D eigenvalue weighted by Gasteiger charge is -2.39. The third-order valence-corrected chi connectivity index (χ3v) is 6.15. The summed E-state index contributed by atoms with van der Waals surface area (Å²) in [5.41, 5.74) is 8.44. The number of carbonyl (C=O) groups excluding carboxylic acids is 1. The minimum atomic E-state index is -0.385. The monoisotopic (exact) mass is 351 g/mol. The van der Waals surface area contributed by atoms with Gasteiger partial charge in [-0.2, -0.15) is 5.26 Å². The molecule has 1 aromatic heterocycles. The first kappa shape index (κ1) is 17.2. The van der Waals surface area contributed by atoms with Gasteiger partial charge >= 0.3 is 0 Å². The van der Waals surface area contributed by atoms with Crippen molar-refractivity contribution in [3.63, 3.8) is 0 Å². The molecule has 2 heterocycles. The highest BCUT2D eigenvalue weighted by Gasteiger charge is 2.42. The SMILES string of the molecule is CC(C)C1(c2cc(-c3cccc(C#N)c3)cs2)C=C(N)N(C)C(=O)C1. The van der Waals surface area contributed by atoms with Crippen molar-refractivity contribution in [3.05, 3.63) is 58.0 Å². The zero-order valence-corrected chi connectivity index (χ0v) is 15.4. The van der Waals surface area contributed by atoms with Crippen molar-refractivity contribution in [1.82, 2.24) is 4.90 Å². The van der Waals surface area contributed by atoms with Gasteiger partial charge < -0.3 is 10.6 Å². The summed E-state index contributed by atoms with van der Waals surface area (Å²) in [5, 5.41) is 11.2. The largest absolute Gasteiger partial charge is 0.385 e. The summed E-state index contributed by atoms with van der Waals surface area (Å²) < 4.78 is 0. The zero-order chi connectivity index (χ0) is 18.2. The molecule has 3 rings (SSSR count). The molecule has 0 fully saturated rings. The molecular formula is C20H21N3OS. The average molecular weight is 351 g/mol. The molecule has 1 aliphatic rings. The Morgan fingerprint density at radius 3 is 2.72 bits per heavy atom. The Morgan fingerprint density at radius 2 is 2.08 bits per heavy atom. The fourth-order valence-electron chi connectivity index (χ4n) is 3.24. The molecule has 1 unspecified atom stereocenters. The lowest BCUT2D eigenvalue weighted by Crippen LogP contribution is -2.44. The Balaban J connectivity index is 2.07. The first-order chi connectivity index (χ1) is 11.9. The van der Waals surface area contributed by atoms with E-state index in [4.69, 9.17) is 11.0 Å². The number of nitriles is 1. The molecule has 0 bridgehead atoms. The van der Waals surface area contributed by atoms with Gasteiger partial charge in [0.15, 0.2) is 0 Å². The maximum Gasteiger partial charge on any atom is 0.229 e. The number of benzene rings is 1. The van der Waals surface area contributed by atoms with E-state index in [0.717, 1.165) is 16.0 Å². The van der Waals surface area contributed by atoms with E-state index < -0.39 is 0 Å². The van der Waals surface area contributed by atoms with Crippen LogP contribution in [0.2, 0.25) is 0 Å². The van der Waals surface area contributed by atoms with Crippen LogP contribution in [-0.2, 0) is 10.2 Å². The quantitative estimate of drug-likeness (QED) is 0.913. The molecule has 5 heteroatoms. The zero-order valence-electron chi connectivity index (χ0n) is 14.6. The molecular weight excluding hydrogens is 330 g/mol. The average Bonchev–Trinajstić information content (AvgIpc) is 3.09. The van der Waals surface area contributed by atoms with Gasteiger partial charge in [-0.3, -0.25) is 4.79 Å². The van der Waals surface area contributed by atoms with Gasteiger partial charge in [-0.15, -0.1) is 11.3 Å². The Labute approximate surface area is 152 Å². The van der Waals surface area contributed by atoms with Crippen molar-refractivity contribution in [3.8, 4) is 17.2 Å². The van der Waals surface area contributed by atoms with Crippen LogP contribution in [0.5, 0.6) is 0 Å². The second-order valence-electron chi connectivity index (χ2n) is 6.79. The van der Waals surface area contributed by atoms with Crippen molar-refractivity contribution in [2.75, 3.05) is 7.05 Å². The lowest BCUT2D eigenvalue weighted by molar-refractivity contribution is -0.130. The molecule has 128 valence electrons. The third-order valence-electron chi connectivity index (χ3n) is 5.02. The van der Waals surface area contributed by atoms with Gasteiger partial charge in [0.2, 0.25) is 5.91 Å².